The lowest BCUT2D eigenvalue weighted by Crippen LogP contribution is -2.47. The molecule has 1 aliphatic heterocycles. The number of amides is 1. The van der Waals surface area contributed by atoms with Gasteiger partial charge in [-0.25, -0.2) is 0 Å². The molecule has 0 aromatic heterocycles. The summed E-state index contributed by atoms with van der Waals surface area (Å²) in [4.78, 5) is 11.8. The van der Waals surface area contributed by atoms with Crippen molar-refractivity contribution in [1.82, 2.24) is 10.6 Å². The predicted molar refractivity (Wildman–Crippen MR) is 67.5 cm³/mol. The minimum Gasteiger partial charge on any atom is -0.379 e. The summed E-state index contributed by atoms with van der Waals surface area (Å²) in [6.45, 7) is 6.90. The van der Waals surface area contributed by atoms with Crippen molar-refractivity contribution in [2.45, 2.75) is 32.9 Å². The first-order valence-electron chi connectivity index (χ1n) is 5.57. The predicted octanol–water partition coefficient (Wildman–Crippen LogP) is 0.826. The fourth-order valence-electron chi connectivity index (χ4n) is 1.62. The molecule has 2 atom stereocenters. The molecular weight excluding hydrogens is 224 g/mol. The second-order valence-electron chi connectivity index (χ2n) is 5.11. The van der Waals surface area contributed by atoms with Crippen molar-refractivity contribution >= 4 is 17.7 Å². The Hall–Kier alpha value is -0.260. The highest BCUT2D eigenvalue weighted by atomic mass is 32.2. The van der Waals surface area contributed by atoms with E-state index in [1.54, 1.807) is 18.9 Å². The minimum atomic E-state index is -0.0394. The number of rotatable bonds is 4. The van der Waals surface area contributed by atoms with Crippen molar-refractivity contribution in [2.24, 2.45) is 5.41 Å². The van der Waals surface area contributed by atoms with Gasteiger partial charge in [-0.05, 0) is 5.41 Å². The van der Waals surface area contributed by atoms with Gasteiger partial charge in [-0.15, -0.1) is 11.8 Å². The van der Waals surface area contributed by atoms with E-state index in [0.717, 1.165) is 11.6 Å². The lowest BCUT2D eigenvalue weighted by molar-refractivity contribution is -0.123. The zero-order valence-corrected chi connectivity index (χ0v) is 11.3. The fraction of sp³-hybridized carbons (Fsp3) is 0.909. The molecule has 0 aromatic carbocycles. The Morgan fingerprint density at radius 3 is 2.75 bits per heavy atom. The normalized spacial score (nSPS) is 23.1. The SMILES string of the molecule is CO[C@H](CNC(=O)[C@@H]1CSCN1)C(C)(C)C. The maximum atomic E-state index is 11.8. The number of carbonyl (C=O) groups is 1. The van der Waals surface area contributed by atoms with E-state index < -0.39 is 0 Å². The van der Waals surface area contributed by atoms with Gasteiger partial charge in [0.05, 0.1) is 12.1 Å². The van der Waals surface area contributed by atoms with Gasteiger partial charge in [0.2, 0.25) is 5.91 Å². The van der Waals surface area contributed by atoms with Crippen LogP contribution in [0.4, 0.5) is 0 Å². The van der Waals surface area contributed by atoms with E-state index in [1.807, 2.05) is 0 Å². The topological polar surface area (TPSA) is 50.4 Å². The molecule has 1 heterocycles. The first-order valence-corrected chi connectivity index (χ1v) is 6.72. The lowest BCUT2D eigenvalue weighted by atomic mass is 9.89. The van der Waals surface area contributed by atoms with Crippen LogP contribution in [0.1, 0.15) is 20.8 Å². The van der Waals surface area contributed by atoms with E-state index in [2.05, 4.69) is 31.4 Å². The van der Waals surface area contributed by atoms with Gasteiger partial charge in [0.25, 0.3) is 0 Å². The summed E-state index contributed by atoms with van der Waals surface area (Å²) in [6, 6.07) is -0.0394. The summed E-state index contributed by atoms with van der Waals surface area (Å²) in [5.74, 6) is 1.81. The highest BCUT2D eigenvalue weighted by Gasteiger charge is 2.27. The van der Waals surface area contributed by atoms with Crippen LogP contribution in [0.2, 0.25) is 0 Å². The van der Waals surface area contributed by atoms with Gasteiger partial charge in [0.1, 0.15) is 0 Å². The van der Waals surface area contributed by atoms with Crippen LogP contribution >= 0.6 is 11.8 Å². The van der Waals surface area contributed by atoms with Gasteiger partial charge >= 0.3 is 0 Å². The third-order valence-electron chi connectivity index (χ3n) is 2.74. The van der Waals surface area contributed by atoms with Crippen LogP contribution < -0.4 is 10.6 Å². The molecule has 16 heavy (non-hydrogen) atoms. The first-order chi connectivity index (χ1) is 7.45. The summed E-state index contributed by atoms with van der Waals surface area (Å²) < 4.78 is 5.39. The average molecular weight is 246 g/mol. The van der Waals surface area contributed by atoms with Crippen LogP contribution in [-0.2, 0) is 9.53 Å². The molecule has 1 saturated heterocycles. The lowest BCUT2D eigenvalue weighted by Gasteiger charge is -2.29. The molecule has 4 nitrogen and oxygen atoms in total. The number of hydrogen-bond donors (Lipinski definition) is 2. The summed E-state index contributed by atoms with van der Waals surface area (Å²) in [6.07, 6.45) is 0.0468. The maximum absolute atomic E-state index is 11.8. The van der Waals surface area contributed by atoms with Crippen LogP contribution in [0.3, 0.4) is 0 Å². The number of methoxy groups -OCH3 is 1. The Morgan fingerprint density at radius 1 is 1.62 bits per heavy atom. The minimum absolute atomic E-state index is 0.0394. The average Bonchev–Trinajstić information content (AvgIpc) is 2.68. The monoisotopic (exact) mass is 246 g/mol. The molecule has 0 radical (unpaired) electrons. The highest BCUT2D eigenvalue weighted by molar-refractivity contribution is 7.99. The zero-order chi connectivity index (χ0) is 12.2. The summed E-state index contributed by atoms with van der Waals surface area (Å²) in [5.41, 5.74) is 0.0416. The number of hydrogen-bond acceptors (Lipinski definition) is 4. The van der Waals surface area contributed by atoms with Crippen molar-refractivity contribution in [3.63, 3.8) is 0 Å². The zero-order valence-electron chi connectivity index (χ0n) is 10.5. The van der Waals surface area contributed by atoms with Crippen molar-refractivity contribution in [3.05, 3.63) is 0 Å². The molecule has 0 bridgehead atoms. The van der Waals surface area contributed by atoms with Crippen molar-refractivity contribution in [1.29, 1.82) is 0 Å². The summed E-state index contributed by atoms with van der Waals surface area (Å²) in [5, 5.41) is 6.09. The third kappa shape index (κ3) is 3.96. The molecule has 5 heteroatoms. The second kappa shape index (κ2) is 5.89. The van der Waals surface area contributed by atoms with Crippen LogP contribution in [0, 0.1) is 5.41 Å². The summed E-state index contributed by atoms with van der Waals surface area (Å²) in [7, 11) is 1.69. The molecule has 1 fully saturated rings. The van der Waals surface area contributed by atoms with Crippen molar-refractivity contribution < 1.29 is 9.53 Å². The Morgan fingerprint density at radius 2 is 2.31 bits per heavy atom. The molecule has 1 rings (SSSR count). The molecule has 94 valence electrons. The molecule has 0 unspecified atom stereocenters. The van der Waals surface area contributed by atoms with Gasteiger partial charge in [0.15, 0.2) is 0 Å². The maximum Gasteiger partial charge on any atom is 0.238 e. The van der Waals surface area contributed by atoms with Crippen LogP contribution in [0.15, 0.2) is 0 Å². The van der Waals surface area contributed by atoms with Gasteiger partial charge < -0.3 is 10.1 Å². The second-order valence-corrected chi connectivity index (χ2v) is 6.14. The fourth-order valence-corrected chi connectivity index (χ4v) is 2.56. The van der Waals surface area contributed by atoms with E-state index in [4.69, 9.17) is 4.74 Å². The third-order valence-corrected chi connectivity index (χ3v) is 3.68. The van der Waals surface area contributed by atoms with E-state index in [9.17, 15) is 4.79 Å². The highest BCUT2D eigenvalue weighted by Crippen LogP contribution is 2.21. The standard InChI is InChI=1S/C11H22N2O2S/c1-11(2,3)9(15-4)5-12-10(14)8-6-16-7-13-8/h8-9,13H,5-7H2,1-4H3,(H,12,14)/t8-,9+/m0/s1. The van der Waals surface area contributed by atoms with E-state index >= 15 is 0 Å². The van der Waals surface area contributed by atoms with E-state index in [0.29, 0.717) is 6.54 Å². The van der Waals surface area contributed by atoms with Gasteiger partial charge in [-0.1, -0.05) is 20.8 Å². The van der Waals surface area contributed by atoms with Crippen molar-refractivity contribution in [3.8, 4) is 0 Å². The Balaban J connectivity index is 2.34. The molecule has 0 aromatic rings. The molecule has 0 aliphatic carbocycles. The van der Waals surface area contributed by atoms with E-state index in [-0.39, 0.29) is 23.5 Å². The van der Waals surface area contributed by atoms with Gasteiger partial charge in [0, 0.05) is 25.3 Å². The molecular formula is C11H22N2O2S. The Labute approximate surface area is 102 Å². The van der Waals surface area contributed by atoms with E-state index in [1.165, 1.54) is 0 Å². The smallest absolute Gasteiger partial charge is 0.238 e. The quantitative estimate of drug-likeness (QED) is 0.771. The van der Waals surface area contributed by atoms with Gasteiger partial charge in [-0.2, -0.15) is 0 Å². The number of ether oxygens (including phenoxy) is 1. The molecule has 2 N–H and O–H groups in total. The molecule has 1 aliphatic rings. The largest absolute Gasteiger partial charge is 0.379 e. The number of thioether (sulfide) groups is 1. The summed E-state index contributed by atoms with van der Waals surface area (Å²) >= 11 is 1.75. The molecule has 0 saturated carbocycles. The number of nitrogens with one attached hydrogen (secondary N) is 2. The molecule has 1 amide bonds. The molecule has 0 spiro atoms. The first kappa shape index (κ1) is 13.8. The van der Waals surface area contributed by atoms with Gasteiger partial charge in [-0.3, -0.25) is 10.1 Å². The van der Waals surface area contributed by atoms with Crippen LogP contribution in [0.5, 0.6) is 0 Å². The van der Waals surface area contributed by atoms with Crippen molar-refractivity contribution in [2.75, 3.05) is 25.3 Å². The van der Waals surface area contributed by atoms with Crippen LogP contribution in [0.25, 0.3) is 0 Å². The Kier molecular flexibility index (Phi) is 5.08. The number of carbonyl (C=O) groups excluding carboxylic acids is 1. The van der Waals surface area contributed by atoms with Crippen LogP contribution in [-0.4, -0.2) is 43.3 Å². The Bertz CT molecular complexity index is 235.